The fourth-order valence-electron chi connectivity index (χ4n) is 2.76. The van der Waals surface area contributed by atoms with Crippen LogP contribution in [0.3, 0.4) is 0 Å². The number of aromatic nitrogens is 1. The standard InChI is InChI=1S/C19H21N3O2/c1-14-4-6-15(7-5-14)13-21-18(23)16-8-9-20-17(12-16)19(24)22-10-2-3-11-22/h4-9,12H,2-3,10-11,13H2,1H3,(H,21,23). The molecule has 3 rings (SSSR count). The first-order chi connectivity index (χ1) is 11.6. The third-order valence-electron chi connectivity index (χ3n) is 4.21. The first-order valence-electron chi connectivity index (χ1n) is 8.22. The van der Waals surface area contributed by atoms with Crippen LogP contribution in [0.15, 0.2) is 42.6 Å². The van der Waals surface area contributed by atoms with Gasteiger partial charge in [-0.2, -0.15) is 0 Å². The molecule has 2 heterocycles. The van der Waals surface area contributed by atoms with Gasteiger partial charge in [-0.1, -0.05) is 29.8 Å². The molecule has 124 valence electrons. The Balaban J connectivity index is 1.65. The lowest BCUT2D eigenvalue weighted by molar-refractivity contribution is 0.0787. The first-order valence-corrected chi connectivity index (χ1v) is 8.22. The first kappa shape index (κ1) is 16.2. The van der Waals surface area contributed by atoms with E-state index in [9.17, 15) is 9.59 Å². The second-order valence-electron chi connectivity index (χ2n) is 6.10. The Hall–Kier alpha value is -2.69. The summed E-state index contributed by atoms with van der Waals surface area (Å²) in [5, 5.41) is 2.88. The van der Waals surface area contributed by atoms with Crippen molar-refractivity contribution in [1.29, 1.82) is 0 Å². The largest absolute Gasteiger partial charge is 0.348 e. The molecule has 5 heteroatoms. The quantitative estimate of drug-likeness (QED) is 0.940. The Morgan fingerprint density at radius 2 is 1.83 bits per heavy atom. The molecule has 1 aromatic heterocycles. The Kier molecular flexibility index (Phi) is 4.89. The zero-order valence-corrected chi connectivity index (χ0v) is 13.8. The number of likely N-dealkylation sites (tertiary alicyclic amines) is 1. The molecule has 5 nitrogen and oxygen atoms in total. The Morgan fingerprint density at radius 3 is 2.54 bits per heavy atom. The van der Waals surface area contributed by atoms with Crippen molar-refractivity contribution in [2.75, 3.05) is 13.1 Å². The van der Waals surface area contributed by atoms with E-state index in [-0.39, 0.29) is 11.8 Å². The van der Waals surface area contributed by atoms with Gasteiger partial charge >= 0.3 is 0 Å². The fraction of sp³-hybridized carbons (Fsp3) is 0.316. The Bertz CT molecular complexity index is 735. The SMILES string of the molecule is Cc1ccc(CNC(=O)c2ccnc(C(=O)N3CCCC3)c2)cc1. The number of nitrogens with one attached hydrogen (secondary N) is 1. The van der Waals surface area contributed by atoms with Crippen molar-refractivity contribution < 1.29 is 9.59 Å². The number of benzene rings is 1. The van der Waals surface area contributed by atoms with Crippen molar-refractivity contribution in [3.05, 3.63) is 65.0 Å². The van der Waals surface area contributed by atoms with Gasteiger partial charge < -0.3 is 10.2 Å². The number of carbonyl (C=O) groups excluding carboxylic acids is 2. The number of nitrogens with zero attached hydrogens (tertiary/aromatic N) is 2. The van der Waals surface area contributed by atoms with Crippen LogP contribution < -0.4 is 5.32 Å². The highest BCUT2D eigenvalue weighted by atomic mass is 16.2. The van der Waals surface area contributed by atoms with Crippen molar-refractivity contribution >= 4 is 11.8 Å². The summed E-state index contributed by atoms with van der Waals surface area (Å²) in [5.74, 6) is -0.297. The minimum Gasteiger partial charge on any atom is -0.348 e. The van der Waals surface area contributed by atoms with Crippen molar-refractivity contribution in [2.24, 2.45) is 0 Å². The third kappa shape index (κ3) is 3.79. The van der Waals surface area contributed by atoms with Gasteiger partial charge in [0.2, 0.25) is 0 Å². The molecule has 0 atom stereocenters. The van der Waals surface area contributed by atoms with Crippen molar-refractivity contribution in [1.82, 2.24) is 15.2 Å². The van der Waals surface area contributed by atoms with E-state index in [1.165, 1.54) is 11.8 Å². The molecular formula is C19H21N3O2. The van der Waals surface area contributed by atoms with Gasteiger partial charge in [0, 0.05) is 31.4 Å². The number of carbonyl (C=O) groups is 2. The van der Waals surface area contributed by atoms with Gasteiger partial charge in [-0.3, -0.25) is 14.6 Å². The highest BCUT2D eigenvalue weighted by Crippen LogP contribution is 2.12. The summed E-state index contributed by atoms with van der Waals surface area (Å²) in [6.07, 6.45) is 3.58. The molecule has 1 saturated heterocycles. The normalized spacial score (nSPS) is 13.8. The van der Waals surface area contributed by atoms with Crippen LogP contribution in [0.1, 0.15) is 44.8 Å². The lowest BCUT2D eigenvalue weighted by Crippen LogP contribution is -2.29. The number of hydrogen-bond acceptors (Lipinski definition) is 3. The second-order valence-corrected chi connectivity index (χ2v) is 6.10. The van der Waals surface area contributed by atoms with E-state index in [2.05, 4.69) is 10.3 Å². The molecule has 1 fully saturated rings. The predicted molar refractivity (Wildman–Crippen MR) is 91.7 cm³/mol. The van der Waals surface area contributed by atoms with Crippen LogP contribution in [0.2, 0.25) is 0 Å². The van der Waals surface area contributed by atoms with Crippen LogP contribution in [0.5, 0.6) is 0 Å². The summed E-state index contributed by atoms with van der Waals surface area (Å²) in [4.78, 5) is 30.6. The maximum absolute atomic E-state index is 12.4. The van der Waals surface area contributed by atoms with E-state index in [0.717, 1.165) is 31.5 Å². The Morgan fingerprint density at radius 1 is 1.12 bits per heavy atom. The van der Waals surface area contributed by atoms with E-state index in [1.807, 2.05) is 31.2 Å². The van der Waals surface area contributed by atoms with Crippen LogP contribution in [-0.2, 0) is 6.54 Å². The van der Waals surface area contributed by atoms with Gasteiger partial charge in [0.1, 0.15) is 5.69 Å². The molecule has 0 bridgehead atoms. The number of rotatable bonds is 4. The summed E-state index contributed by atoms with van der Waals surface area (Å²) >= 11 is 0. The van der Waals surface area contributed by atoms with Crippen molar-refractivity contribution in [3.8, 4) is 0 Å². The number of amides is 2. The molecule has 1 aromatic carbocycles. The van der Waals surface area contributed by atoms with Crippen LogP contribution in [-0.4, -0.2) is 34.8 Å². The second kappa shape index (κ2) is 7.25. The van der Waals surface area contributed by atoms with Gasteiger partial charge in [-0.15, -0.1) is 0 Å². The molecule has 0 spiro atoms. The van der Waals surface area contributed by atoms with Crippen LogP contribution in [0, 0.1) is 6.92 Å². The maximum Gasteiger partial charge on any atom is 0.272 e. The molecule has 1 N–H and O–H groups in total. The highest BCUT2D eigenvalue weighted by molar-refractivity contribution is 5.98. The number of aryl methyl sites for hydroxylation is 1. The molecule has 1 aliphatic rings. The van der Waals surface area contributed by atoms with Gasteiger partial charge in [-0.25, -0.2) is 0 Å². The average molecular weight is 323 g/mol. The topological polar surface area (TPSA) is 62.3 Å². The molecular weight excluding hydrogens is 302 g/mol. The molecule has 1 aliphatic heterocycles. The molecule has 0 aliphatic carbocycles. The van der Waals surface area contributed by atoms with E-state index in [4.69, 9.17) is 0 Å². The van der Waals surface area contributed by atoms with Crippen molar-refractivity contribution in [2.45, 2.75) is 26.3 Å². The molecule has 0 unspecified atom stereocenters. The molecule has 2 amide bonds. The summed E-state index contributed by atoms with van der Waals surface area (Å²) in [7, 11) is 0. The van der Waals surface area contributed by atoms with Crippen molar-refractivity contribution in [3.63, 3.8) is 0 Å². The molecule has 0 radical (unpaired) electrons. The minimum absolute atomic E-state index is 0.0966. The molecule has 0 saturated carbocycles. The van der Waals surface area contributed by atoms with Crippen LogP contribution >= 0.6 is 0 Å². The lowest BCUT2D eigenvalue weighted by Gasteiger charge is -2.14. The smallest absolute Gasteiger partial charge is 0.272 e. The maximum atomic E-state index is 12.4. The summed E-state index contributed by atoms with van der Waals surface area (Å²) in [5.41, 5.74) is 3.01. The highest BCUT2D eigenvalue weighted by Gasteiger charge is 2.21. The molecule has 24 heavy (non-hydrogen) atoms. The van der Waals surface area contributed by atoms with E-state index in [0.29, 0.717) is 17.8 Å². The zero-order valence-electron chi connectivity index (χ0n) is 13.8. The van der Waals surface area contributed by atoms with E-state index < -0.39 is 0 Å². The lowest BCUT2D eigenvalue weighted by atomic mass is 10.1. The molecule has 2 aromatic rings. The van der Waals surface area contributed by atoms with Crippen LogP contribution in [0.25, 0.3) is 0 Å². The fourth-order valence-corrected chi connectivity index (χ4v) is 2.76. The Labute approximate surface area is 141 Å². The van der Waals surface area contributed by atoms with E-state index in [1.54, 1.807) is 17.0 Å². The predicted octanol–water partition coefficient (Wildman–Crippen LogP) is 2.56. The van der Waals surface area contributed by atoms with Gasteiger partial charge in [0.15, 0.2) is 0 Å². The van der Waals surface area contributed by atoms with Gasteiger partial charge in [0.25, 0.3) is 11.8 Å². The summed E-state index contributed by atoms with van der Waals surface area (Å²) in [6.45, 7) is 4.02. The summed E-state index contributed by atoms with van der Waals surface area (Å²) < 4.78 is 0. The van der Waals surface area contributed by atoms with E-state index >= 15 is 0 Å². The zero-order chi connectivity index (χ0) is 16.9. The minimum atomic E-state index is -0.201. The number of pyridine rings is 1. The third-order valence-corrected chi connectivity index (χ3v) is 4.21. The summed E-state index contributed by atoms with van der Waals surface area (Å²) in [6, 6.07) is 11.2. The van der Waals surface area contributed by atoms with Gasteiger partial charge in [-0.05, 0) is 37.5 Å². The monoisotopic (exact) mass is 323 g/mol. The average Bonchev–Trinajstić information content (AvgIpc) is 3.15. The number of hydrogen-bond donors (Lipinski definition) is 1. The van der Waals surface area contributed by atoms with Gasteiger partial charge in [0.05, 0.1) is 0 Å². The van der Waals surface area contributed by atoms with Crippen LogP contribution in [0.4, 0.5) is 0 Å².